The van der Waals surface area contributed by atoms with E-state index in [0.717, 1.165) is 0 Å². The van der Waals surface area contributed by atoms with Crippen LogP contribution in [0.25, 0.3) is 0 Å². The maximum Gasteiger partial charge on any atom is 0.264 e. The van der Waals surface area contributed by atoms with Gasteiger partial charge in [0.25, 0.3) is 10.0 Å². The van der Waals surface area contributed by atoms with Gasteiger partial charge in [-0.1, -0.05) is 62.9 Å². The smallest absolute Gasteiger partial charge is 0.264 e. The van der Waals surface area contributed by atoms with Gasteiger partial charge in [0.05, 0.1) is 20.8 Å². The van der Waals surface area contributed by atoms with Crippen LogP contribution in [0.5, 0.6) is 0 Å². The van der Waals surface area contributed by atoms with Crippen LogP contribution in [0.1, 0.15) is 5.56 Å². The monoisotopic (exact) mass is 427 g/mol. The van der Waals surface area contributed by atoms with E-state index in [9.17, 15) is 8.42 Å². The minimum atomic E-state index is -3.96. The number of halogens is 4. The molecule has 0 unspecified atom stereocenters. The normalized spacial score (nSPS) is 11.5. The molecule has 0 saturated heterocycles. The molecule has 2 aromatic carbocycles. The molecule has 112 valence electrons. The molecule has 21 heavy (non-hydrogen) atoms. The SMILES string of the molecule is Cc1cccc(Cl)c1NS(=O)(=O)c1c(Cl)cc(Br)cc1Cl. The van der Waals surface area contributed by atoms with E-state index < -0.39 is 10.0 Å². The Kier molecular flexibility index (Phi) is 5.11. The van der Waals surface area contributed by atoms with Crippen LogP contribution in [0.2, 0.25) is 15.1 Å². The Balaban J connectivity index is 2.54. The van der Waals surface area contributed by atoms with Gasteiger partial charge in [0.1, 0.15) is 4.90 Å². The molecule has 0 aliphatic heterocycles. The van der Waals surface area contributed by atoms with E-state index in [-0.39, 0.29) is 14.9 Å². The van der Waals surface area contributed by atoms with Crippen molar-refractivity contribution in [1.29, 1.82) is 0 Å². The highest BCUT2D eigenvalue weighted by molar-refractivity contribution is 9.10. The lowest BCUT2D eigenvalue weighted by Crippen LogP contribution is -2.15. The second kappa shape index (κ2) is 6.34. The first-order valence-electron chi connectivity index (χ1n) is 5.65. The molecule has 0 spiro atoms. The molecule has 0 heterocycles. The molecular formula is C13H9BrCl3NO2S. The average Bonchev–Trinajstić information content (AvgIpc) is 2.32. The van der Waals surface area contributed by atoms with Crippen molar-refractivity contribution in [2.45, 2.75) is 11.8 Å². The molecule has 0 aliphatic carbocycles. The maximum atomic E-state index is 12.5. The highest BCUT2D eigenvalue weighted by atomic mass is 79.9. The number of benzene rings is 2. The minimum absolute atomic E-state index is 0.0200. The van der Waals surface area contributed by atoms with Crippen molar-refractivity contribution in [2.24, 2.45) is 0 Å². The summed E-state index contributed by atoms with van der Waals surface area (Å²) in [5, 5.41) is 0.334. The van der Waals surface area contributed by atoms with Crippen LogP contribution in [0.4, 0.5) is 5.69 Å². The number of anilines is 1. The molecule has 1 N–H and O–H groups in total. The summed E-state index contributed by atoms with van der Waals surface area (Å²) < 4.78 is 28.0. The minimum Gasteiger partial charge on any atom is -0.278 e. The lowest BCUT2D eigenvalue weighted by molar-refractivity contribution is 0.601. The number of rotatable bonds is 3. The van der Waals surface area contributed by atoms with Gasteiger partial charge in [-0.3, -0.25) is 4.72 Å². The fraction of sp³-hybridized carbons (Fsp3) is 0.0769. The van der Waals surface area contributed by atoms with Gasteiger partial charge >= 0.3 is 0 Å². The zero-order chi connectivity index (χ0) is 15.8. The van der Waals surface area contributed by atoms with Gasteiger partial charge in [-0.05, 0) is 30.7 Å². The Hall–Kier alpha value is -0.460. The average molecular weight is 430 g/mol. The van der Waals surface area contributed by atoms with E-state index in [0.29, 0.717) is 20.7 Å². The predicted octanol–water partition coefficient (Wildman–Crippen LogP) is 5.52. The van der Waals surface area contributed by atoms with Crippen LogP contribution in [-0.2, 0) is 10.0 Å². The van der Waals surface area contributed by atoms with Gasteiger partial charge in [-0.2, -0.15) is 0 Å². The quantitative estimate of drug-likeness (QED) is 0.698. The van der Waals surface area contributed by atoms with Crippen molar-refractivity contribution in [3.63, 3.8) is 0 Å². The number of hydrogen-bond donors (Lipinski definition) is 1. The van der Waals surface area contributed by atoms with Crippen LogP contribution in [0, 0.1) is 6.92 Å². The van der Waals surface area contributed by atoms with E-state index in [1.165, 1.54) is 12.1 Å². The number of para-hydroxylation sites is 1. The van der Waals surface area contributed by atoms with Crippen LogP contribution in [-0.4, -0.2) is 8.42 Å². The highest BCUT2D eigenvalue weighted by Crippen LogP contribution is 2.35. The molecule has 0 bridgehead atoms. The molecule has 0 amide bonds. The number of aryl methyl sites for hydroxylation is 1. The van der Waals surface area contributed by atoms with E-state index >= 15 is 0 Å². The molecule has 3 nitrogen and oxygen atoms in total. The third-order valence-corrected chi connectivity index (χ3v) is 5.73. The molecule has 2 rings (SSSR count). The fourth-order valence-corrected chi connectivity index (χ4v) is 5.15. The first-order valence-corrected chi connectivity index (χ1v) is 9.06. The molecular weight excluding hydrogens is 420 g/mol. The summed E-state index contributed by atoms with van der Waals surface area (Å²) in [6, 6.07) is 7.99. The van der Waals surface area contributed by atoms with E-state index in [4.69, 9.17) is 34.8 Å². The van der Waals surface area contributed by atoms with E-state index in [1.807, 2.05) is 0 Å². The molecule has 2 aromatic rings. The Bertz CT molecular complexity index is 766. The van der Waals surface area contributed by atoms with E-state index in [2.05, 4.69) is 20.7 Å². The summed E-state index contributed by atoms with van der Waals surface area (Å²) in [4.78, 5) is -0.187. The predicted molar refractivity (Wildman–Crippen MR) is 91.2 cm³/mol. The van der Waals surface area contributed by atoms with Gasteiger partial charge in [0, 0.05) is 4.47 Å². The molecule has 0 radical (unpaired) electrons. The van der Waals surface area contributed by atoms with Gasteiger partial charge in [0.15, 0.2) is 0 Å². The van der Waals surface area contributed by atoms with Crippen molar-refractivity contribution < 1.29 is 8.42 Å². The molecule has 0 saturated carbocycles. The first-order chi connectivity index (χ1) is 9.72. The summed E-state index contributed by atoms with van der Waals surface area (Å²) in [6.07, 6.45) is 0. The molecule has 0 aliphatic rings. The summed E-state index contributed by atoms with van der Waals surface area (Å²) in [5.74, 6) is 0. The van der Waals surface area contributed by atoms with Crippen molar-refractivity contribution >= 4 is 66.4 Å². The van der Waals surface area contributed by atoms with Crippen LogP contribution < -0.4 is 4.72 Å². The summed E-state index contributed by atoms with van der Waals surface area (Å²) >= 11 is 21.2. The molecule has 0 aromatic heterocycles. The number of hydrogen-bond acceptors (Lipinski definition) is 2. The Labute approximate surface area is 146 Å². The fourth-order valence-electron chi connectivity index (χ4n) is 1.73. The third kappa shape index (κ3) is 3.66. The zero-order valence-electron chi connectivity index (χ0n) is 10.6. The van der Waals surface area contributed by atoms with Gasteiger partial charge in [-0.15, -0.1) is 0 Å². The van der Waals surface area contributed by atoms with Gasteiger partial charge in [0.2, 0.25) is 0 Å². The second-order valence-corrected chi connectivity index (χ2v) is 7.99. The molecule has 0 atom stereocenters. The first kappa shape index (κ1) is 16.9. The summed E-state index contributed by atoms with van der Waals surface area (Å²) in [6.45, 7) is 1.74. The van der Waals surface area contributed by atoms with Crippen LogP contribution >= 0.6 is 50.7 Å². The number of sulfonamides is 1. The summed E-state index contributed by atoms with van der Waals surface area (Å²) in [7, 11) is -3.96. The highest BCUT2D eigenvalue weighted by Gasteiger charge is 2.24. The van der Waals surface area contributed by atoms with E-state index in [1.54, 1.807) is 25.1 Å². The summed E-state index contributed by atoms with van der Waals surface area (Å²) in [5.41, 5.74) is 0.990. The zero-order valence-corrected chi connectivity index (χ0v) is 15.3. The van der Waals surface area contributed by atoms with Crippen LogP contribution in [0.15, 0.2) is 39.7 Å². The lowest BCUT2D eigenvalue weighted by Gasteiger charge is -2.14. The Morgan fingerprint density at radius 2 is 1.62 bits per heavy atom. The maximum absolute atomic E-state index is 12.5. The van der Waals surface area contributed by atoms with Gasteiger partial charge < -0.3 is 0 Å². The Morgan fingerprint density at radius 3 is 2.14 bits per heavy atom. The second-order valence-electron chi connectivity index (χ2n) is 4.24. The van der Waals surface area contributed by atoms with Gasteiger partial charge in [-0.25, -0.2) is 8.42 Å². The van der Waals surface area contributed by atoms with Crippen molar-refractivity contribution in [3.05, 3.63) is 55.4 Å². The largest absolute Gasteiger partial charge is 0.278 e. The Morgan fingerprint density at radius 1 is 1.05 bits per heavy atom. The van der Waals surface area contributed by atoms with Crippen LogP contribution in [0.3, 0.4) is 0 Å². The molecule has 8 heteroatoms. The number of nitrogens with one attached hydrogen (secondary N) is 1. The van der Waals surface area contributed by atoms with Crippen molar-refractivity contribution in [1.82, 2.24) is 0 Å². The van der Waals surface area contributed by atoms with Crippen molar-refractivity contribution in [3.8, 4) is 0 Å². The topological polar surface area (TPSA) is 46.2 Å². The molecule has 0 fully saturated rings. The third-order valence-electron chi connectivity index (χ3n) is 2.69. The standard InChI is InChI=1S/C13H9BrCl3NO2S/c1-7-3-2-4-9(15)12(7)18-21(19,20)13-10(16)5-8(14)6-11(13)17/h2-6,18H,1H3. The lowest BCUT2D eigenvalue weighted by atomic mass is 10.2. The van der Waals surface area contributed by atoms with Crippen molar-refractivity contribution in [2.75, 3.05) is 4.72 Å².